The Bertz CT molecular complexity index is 365. The summed E-state index contributed by atoms with van der Waals surface area (Å²) in [4.78, 5) is 1.74. The molecule has 0 radical (unpaired) electrons. The SMILES string of the molecule is CN(CC1(O)CCOCC1)c1nnc(CCl)o1. The molecule has 2 rings (SSSR count). The summed E-state index contributed by atoms with van der Waals surface area (Å²) in [6, 6.07) is 0.376. The third-order valence-electron chi connectivity index (χ3n) is 2.85. The monoisotopic (exact) mass is 261 g/mol. The number of halogens is 1. The van der Waals surface area contributed by atoms with E-state index >= 15 is 0 Å². The molecule has 1 aliphatic rings. The van der Waals surface area contributed by atoms with Crippen LogP contribution in [-0.2, 0) is 10.6 Å². The van der Waals surface area contributed by atoms with E-state index in [4.69, 9.17) is 20.8 Å². The Kier molecular flexibility index (Phi) is 3.86. The Labute approximate surface area is 105 Å². The summed E-state index contributed by atoms with van der Waals surface area (Å²) in [6.45, 7) is 1.61. The molecule has 17 heavy (non-hydrogen) atoms. The highest BCUT2D eigenvalue weighted by Gasteiger charge is 2.32. The van der Waals surface area contributed by atoms with Crippen molar-refractivity contribution < 1.29 is 14.3 Å². The van der Waals surface area contributed by atoms with Crippen molar-refractivity contribution in [3.63, 3.8) is 0 Å². The molecule has 1 fully saturated rings. The zero-order valence-corrected chi connectivity index (χ0v) is 10.5. The second kappa shape index (κ2) is 5.20. The van der Waals surface area contributed by atoms with Crippen molar-refractivity contribution >= 4 is 17.6 Å². The first kappa shape index (κ1) is 12.6. The first-order valence-corrected chi connectivity index (χ1v) is 6.06. The molecule has 0 atom stereocenters. The van der Waals surface area contributed by atoms with Gasteiger partial charge in [0.1, 0.15) is 5.88 Å². The Morgan fingerprint density at radius 1 is 1.41 bits per heavy atom. The minimum atomic E-state index is -0.747. The maximum absolute atomic E-state index is 10.3. The largest absolute Gasteiger partial charge is 0.407 e. The van der Waals surface area contributed by atoms with Crippen molar-refractivity contribution in [2.45, 2.75) is 24.3 Å². The van der Waals surface area contributed by atoms with Crippen LogP contribution in [-0.4, -0.2) is 47.7 Å². The van der Waals surface area contributed by atoms with Crippen molar-refractivity contribution in [1.82, 2.24) is 10.2 Å². The summed E-state index contributed by atoms with van der Waals surface area (Å²) in [7, 11) is 1.80. The van der Waals surface area contributed by atoms with Gasteiger partial charge in [-0.2, -0.15) is 0 Å². The maximum atomic E-state index is 10.3. The van der Waals surface area contributed by atoms with E-state index in [1.165, 1.54) is 0 Å². The number of hydrogen-bond donors (Lipinski definition) is 1. The number of aromatic nitrogens is 2. The first-order chi connectivity index (χ1) is 8.13. The minimum Gasteiger partial charge on any atom is -0.407 e. The summed E-state index contributed by atoms with van der Waals surface area (Å²) in [5.41, 5.74) is -0.747. The first-order valence-electron chi connectivity index (χ1n) is 5.52. The van der Waals surface area contributed by atoms with Crippen LogP contribution in [0.25, 0.3) is 0 Å². The lowest BCUT2D eigenvalue weighted by Crippen LogP contribution is -2.45. The van der Waals surface area contributed by atoms with E-state index in [1.54, 1.807) is 11.9 Å². The number of nitrogens with zero attached hydrogens (tertiary/aromatic N) is 3. The van der Waals surface area contributed by atoms with Crippen LogP contribution in [0, 0.1) is 0 Å². The van der Waals surface area contributed by atoms with E-state index in [0.717, 1.165) is 0 Å². The molecule has 1 saturated heterocycles. The van der Waals surface area contributed by atoms with Crippen LogP contribution in [0.2, 0.25) is 0 Å². The van der Waals surface area contributed by atoms with Gasteiger partial charge in [-0.1, -0.05) is 5.10 Å². The zero-order valence-electron chi connectivity index (χ0n) is 9.73. The molecular formula is C10H16ClN3O3. The van der Waals surface area contributed by atoms with E-state index in [1.807, 2.05) is 0 Å². The number of likely N-dealkylation sites (N-methyl/N-ethyl adjacent to an activating group) is 1. The Morgan fingerprint density at radius 2 is 2.12 bits per heavy atom. The molecule has 6 nitrogen and oxygen atoms in total. The van der Waals surface area contributed by atoms with Crippen molar-refractivity contribution in [2.75, 3.05) is 31.7 Å². The van der Waals surface area contributed by atoms with Gasteiger partial charge in [-0.15, -0.1) is 16.7 Å². The number of anilines is 1. The van der Waals surface area contributed by atoms with Crippen molar-refractivity contribution in [3.8, 4) is 0 Å². The highest BCUT2D eigenvalue weighted by Crippen LogP contribution is 2.23. The molecule has 1 N–H and O–H groups in total. The lowest BCUT2D eigenvalue weighted by Gasteiger charge is -2.34. The molecule has 0 spiro atoms. The van der Waals surface area contributed by atoms with E-state index < -0.39 is 5.60 Å². The van der Waals surface area contributed by atoms with Crippen molar-refractivity contribution in [1.29, 1.82) is 0 Å². The molecule has 0 aliphatic carbocycles. The van der Waals surface area contributed by atoms with Gasteiger partial charge in [0.2, 0.25) is 5.89 Å². The van der Waals surface area contributed by atoms with Gasteiger partial charge in [-0.3, -0.25) is 0 Å². The molecule has 7 heteroatoms. The van der Waals surface area contributed by atoms with Crippen LogP contribution in [0.4, 0.5) is 6.01 Å². The summed E-state index contributed by atoms with van der Waals surface area (Å²) >= 11 is 5.58. The third kappa shape index (κ3) is 3.08. The lowest BCUT2D eigenvalue weighted by atomic mass is 9.94. The fourth-order valence-corrected chi connectivity index (χ4v) is 1.98. The summed E-state index contributed by atoms with van der Waals surface area (Å²) < 4.78 is 10.5. The van der Waals surface area contributed by atoms with E-state index in [2.05, 4.69) is 10.2 Å². The number of rotatable bonds is 4. The molecular weight excluding hydrogens is 246 g/mol. The normalized spacial score (nSPS) is 19.2. The molecule has 0 unspecified atom stereocenters. The number of hydrogen-bond acceptors (Lipinski definition) is 6. The van der Waals surface area contributed by atoms with Crippen LogP contribution < -0.4 is 4.90 Å². The fraction of sp³-hybridized carbons (Fsp3) is 0.800. The topological polar surface area (TPSA) is 71.6 Å². The van der Waals surface area contributed by atoms with Crippen molar-refractivity contribution in [3.05, 3.63) is 5.89 Å². The summed E-state index contributed by atoms with van der Waals surface area (Å²) in [5, 5.41) is 18.0. The van der Waals surface area contributed by atoms with Gasteiger partial charge in [0.15, 0.2) is 0 Å². The highest BCUT2D eigenvalue weighted by atomic mass is 35.5. The zero-order chi connectivity index (χ0) is 12.3. The van der Waals surface area contributed by atoms with Gasteiger partial charge in [0.05, 0.1) is 12.1 Å². The number of aliphatic hydroxyl groups is 1. The fourth-order valence-electron chi connectivity index (χ4n) is 1.87. The molecule has 0 saturated carbocycles. The van der Waals surface area contributed by atoms with Crippen LogP contribution in [0.1, 0.15) is 18.7 Å². The number of alkyl halides is 1. The highest BCUT2D eigenvalue weighted by molar-refractivity contribution is 6.16. The van der Waals surface area contributed by atoms with Crippen LogP contribution >= 0.6 is 11.6 Å². The van der Waals surface area contributed by atoms with Gasteiger partial charge in [-0.05, 0) is 0 Å². The third-order valence-corrected chi connectivity index (χ3v) is 3.08. The van der Waals surface area contributed by atoms with Gasteiger partial charge in [-0.25, -0.2) is 0 Å². The standard InChI is InChI=1S/C10H16ClN3O3/c1-14(9-13-12-8(6-11)17-9)7-10(15)2-4-16-5-3-10/h15H,2-7H2,1H3. The molecule has 2 heterocycles. The predicted octanol–water partition coefficient (Wildman–Crippen LogP) is 0.786. The molecule has 1 aliphatic heterocycles. The lowest BCUT2D eigenvalue weighted by molar-refractivity contribution is -0.0576. The second-order valence-electron chi connectivity index (χ2n) is 4.30. The number of ether oxygens (including phenoxy) is 1. The van der Waals surface area contributed by atoms with Crippen molar-refractivity contribution in [2.24, 2.45) is 0 Å². The Hall–Kier alpha value is -0.850. The summed E-state index contributed by atoms with van der Waals surface area (Å²) in [6.07, 6.45) is 1.24. The van der Waals surface area contributed by atoms with Crippen LogP contribution in [0.5, 0.6) is 0 Å². The molecule has 1 aromatic heterocycles. The summed E-state index contributed by atoms with van der Waals surface area (Å²) in [5.74, 6) is 0.575. The van der Waals surface area contributed by atoms with E-state index in [0.29, 0.717) is 44.5 Å². The average molecular weight is 262 g/mol. The van der Waals surface area contributed by atoms with Crippen LogP contribution in [0.15, 0.2) is 4.42 Å². The smallest absolute Gasteiger partial charge is 0.318 e. The van der Waals surface area contributed by atoms with Gasteiger partial charge in [0.25, 0.3) is 0 Å². The quantitative estimate of drug-likeness (QED) is 0.808. The molecule has 0 bridgehead atoms. The average Bonchev–Trinajstić information content (AvgIpc) is 2.78. The van der Waals surface area contributed by atoms with Gasteiger partial charge < -0.3 is 19.2 Å². The molecule has 0 aromatic carbocycles. The predicted molar refractivity (Wildman–Crippen MR) is 62.1 cm³/mol. The molecule has 0 amide bonds. The second-order valence-corrected chi connectivity index (χ2v) is 4.57. The minimum absolute atomic E-state index is 0.193. The molecule has 1 aromatic rings. The Balaban J connectivity index is 1.97. The Morgan fingerprint density at radius 3 is 2.71 bits per heavy atom. The molecule has 96 valence electrons. The van der Waals surface area contributed by atoms with Gasteiger partial charge in [0, 0.05) is 33.1 Å². The van der Waals surface area contributed by atoms with Gasteiger partial charge >= 0.3 is 6.01 Å². The van der Waals surface area contributed by atoms with Crippen LogP contribution in [0.3, 0.4) is 0 Å². The van der Waals surface area contributed by atoms with E-state index in [-0.39, 0.29) is 5.88 Å². The maximum Gasteiger partial charge on any atom is 0.318 e. The van der Waals surface area contributed by atoms with E-state index in [9.17, 15) is 5.11 Å².